The van der Waals surface area contributed by atoms with E-state index in [9.17, 15) is 13.2 Å². The first kappa shape index (κ1) is 15.2. The van der Waals surface area contributed by atoms with Crippen LogP contribution in [0.5, 0.6) is 0 Å². The van der Waals surface area contributed by atoms with Gasteiger partial charge in [-0.3, -0.25) is 4.79 Å². The minimum atomic E-state index is -3.62. The van der Waals surface area contributed by atoms with E-state index >= 15 is 0 Å². The van der Waals surface area contributed by atoms with Gasteiger partial charge in [-0.25, -0.2) is 8.42 Å². The normalized spacial score (nSPS) is 11.6. The molecule has 0 N–H and O–H groups in total. The third-order valence-electron chi connectivity index (χ3n) is 3.22. The molecule has 0 radical (unpaired) electrons. The van der Waals surface area contributed by atoms with Crippen LogP contribution in [0.3, 0.4) is 0 Å². The smallest absolute Gasteiger partial charge is 0.233 e. The highest BCUT2D eigenvalue weighted by molar-refractivity contribution is 8.13. The summed E-state index contributed by atoms with van der Waals surface area (Å²) in [6.07, 6.45) is -0.0730. The molecule has 0 aliphatic rings. The van der Waals surface area contributed by atoms with Crippen LogP contribution in [0.2, 0.25) is 0 Å². The summed E-state index contributed by atoms with van der Waals surface area (Å²) in [7, 11) is 1.51. The summed E-state index contributed by atoms with van der Waals surface area (Å²) in [4.78, 5) is 12.1. The second kappa shape index (κ2) is 5.41. The molecule has 0 aliphatic heterocycles. The Morgan fingerprint density at radius 3 is 1.94 bits per heavy atom. The van der Waals surface area contributed by atoms with E-state index in [1.807, 2.05) is 33.8 Å². The van der Waals surface area contributed by atoms with Crippen molar-refractivity contribution < 1.29 is 13.2 Å². The van der Waals surface area contributed by atoms with Crippen molar-refractivity contribution in [3.63, 3.8) is 0 Å². The first-order chi connectivity index (χ1) is 8.13. The maximum Gasteiger partial charge on any atom is 0.233 e. The number of carbonyl (C=O) groups is 1. The Hall–Kier alpha value is -0.870. The van der Waals surface area contributed by atoms with Crippen LogP contribution in [-0.4, -0.2) is 20.0 Å². The number of hydrogen-bond donors (Lipinski definition) is 0. The quantitative estimate of drug-likeness (QED) is 0.632. The second-order valence-electron chi connectivity index (χ2n) is 4.55. The largest absolute Gasteiger partial charge is 0.294 e. The average Bonchev–Trinajstić information content (AvgIpc) is 2.23. The van der Waals surface area contributed by atoms with E-state index in [0.29, 0.717) is 5.56 Å². The lowest BCUT2D eigenvalue weighted by Crippen LogP contribution is -2.11. The van der Waals surface area contributed by atoms with Gasteiger partial charge in [-0.1, -0.05) is 6.07 Å². The van der Waals surface area contributed by atoms with Crippen LogP contribution in [0.4, 0.5) is 0 Å². The molecule has 0 aliphatic carbocycles. The van der Waals surface area contributed by atoms with Crippen molar-refractivity contribution in [2.24, 2.45) is 0 Å². The summed E-state index contributed by atoms with van der Waals surface area (Å²) < 4.78 is 21.8. The van der Waals surface area contributed by atoms with E-state index in [4.69, 9.17) is 10.7 Å². The summed E-state index contributed by atoms with van der Waals surface area (Å²) in [6, 6.07) is 2.03. The van der Waals surface area contributed by atoms with Crippen molar-refractivity contribution in [1.29, 1.82) is 0 Å². The first-order valence-electron chi connectivity index (χ1n) is 5.66. The standard InChI is InChI=1S/C13H17ClO3S/c1-8-7-9(2)11(4)13(10(8)3)12(15)5-6-18(14,16)17/h7H,5-6H2,1-4H3. The number of halogens is 1. The number of aryl methyl sites for hydroxylation is 2. The van der Waals surface area contributed by atoms with Gasteiger partial charge in [0.1, 0.15) is 0 Å². The SMILES string of the molecule is Cc1cc(C)c(C)c(C(=O)CCS(=O)(=O)Cl)c1C. The zero-order valence-electron chi connectivity index (χ0n) is 11.0. The van der Waals surface area contributed by atoms with Crippen molar-refractivity contribution in [1.82, 2.24) is 0 Å². The lowest BCUT2D eigenvalue weighted by Gasteiger charge is -2.14. The minimum Gasteiger partial charge on any atom is -0.294 e. The fourth-order valence-electron chi connectivity index (χ4n) is 1.97. The fourth-order valence-corrected chi connectivity index (χ4v) is 2.64. The Morgan fingerprint density at radius 1 is 1.11 bits per heavy atom. The van der Waals surface area contributed by atoms with E-state index < -0.39 is 9.05 Å². The van der Waals surface area contributed by atoms with Crippen LogP contribution in [-0.2, 0) is 9.05 Å². The van der Waals surface area contributed by atoms with Gasteiger partial charge in [-0.2, -0.15) is 0 Å². The van der Waals surface area contributed by atoms with Gasteiger partial charge in [-0.05, 0) is 49.9 Å². The molecule has 1 aromatic rings. The fraction of sp³-hybridized carbons (Fsp3) is 0.462. The molecule has 100 valence electrons. The third-order valence-corrected chi connectivity index (χ3v) is 4.37. The highest BCUT2D eigenvalue weighted by atomic mass is 35.7. The maximum atomic E-state index is 12.1. The van der Waals surface area contributed by atoms with Gasteiger partial charge in [0.05, 0.1) is 5.75 Å². The highest BCUT2D eigenvalue weighted by Gasteiger charge is 2.17. The molecule has 0 bridgehead atoms. The van der Waals surface area contributed by atoms with Crippen molar-refractivity contribution in [3.05, 3.63) is 33.9 Å². The lowest BCUT2D eigenvalue weighted by molar-refractivity contribution is 0.0987. The van der Waals surface area contributed by atoms with Gasteiger partial charge < -0.3 is 0 Å². The summed E-state index contributed by atoms with van der Waals surface area (Å²) in [6.45, 7) is 7.64. The molecule has 0 saturated carbocycles. The molecular formula is C13H17ClO3S. The second-order valence-corrected chi connectivity index (χ2v) is 7.45. The summed E-state index contributed by atoms with van der Waals surface area (Å²) in [5.41, 5.74) is 4.53. The molecule has 18 heavy (non-hydrogen) atoms. The summed E-state index contributed by atoms with van der Waals surface area (Å²) >= 11 is 0. The number of hydrogen-bond acceptors (Lipinski definition) is 3. The van der Waals surface area contributed by atoms with Crippen molar-refractivity contribution in [3.8, 4) is 0 Å². The Labute approximate surface area is 113 Å². The number of ketones is 1. The van der Waals surface area contributed by atoms with Gasteiger partial charge in [-0.15, -0.1) is 0 Å². The molecule has 0 atom stereocenters. The predicted molar refractivity (Wildman–Crippen MR) is 74.0 cm³/mol. The van der Waals surface area contributed by atoms with Crippen molar-refractivity contribution in [2.75, 3.05) is 5.75 Å². The Morgan fingerprint density at radius 2 is 1.56 bits per heavy atom. The zero-order valence-corrected chi connectivity index (χ0v) is 12.6. The molecule has 1 aromatic carbocycles. The van der Waals surface area contributed by atoms with Crippen molar-refractivity contribution >= 4 is 25.5 Å². The van der Waals surface area contributed by atoms with Crippen LogP contribution in [0.1, 0.15) is 39.0 Å². The van der Waals surface area contributed by atoms with E-state index in [0.717, 1.165) is 22.3 Å². The average molecular weight is 289 g/mol. The van der Waals surface area contributed by atoms with Gasteiger partial charge in [0.15, 0.2) is 5.78 Å². The molecule has 3 nitrogen and oxygen atoms in total. The molecule has 0 spiro atoms. The molecule has 0 fully saturated rings. The van der Waals surface area contributed by atoms with Gasteiger partial charge >= 0.3 is 0 Å². The van der Waals surface area contributed by atoms with E-state index in [-0.39, 0.29) is 18.0 Å². The monoisotopic (exact) mass is 288 g/mol. The molecule has 0 aromatic heterocycles. The van der Waals surface area contributed by atoms with Gasteiger partial charge in [0.25, 0.3) is 0 Å². The van der Waals surface area contributed by atoms with Crippen LogP contribution in [0.25, 0.3) is 0 Å². The predicted octanol–water partition coefficient (Wildman–Crippen LogP) is 3.06. The summed E-state index contributed by atoms with van der Waals surface area (Å²) in [5.74, 6) is -0.486. The molecule has 0 saturated heterocycles. The molecule has 0 amide bonds. The van der Waals surface area contributed by atoms with E-state index in [2.05, 4.69) is 0 Å². The number of rotatable bonds is 4. The molecule has 0 unspecified atom stereocenters. The van der Waals surface area contributed by atoms with Gasteiger partial charge in [0, 0.05) is 22.7 Å². The lowest BCUT2D eigenvalue weighted by atomic mass is 9.91. The Bertz CT molecular complexity index is 562. The summed E-state index contributed by atoms with van der Waals surface area (Å²) in [5, 5.41) is 0. The number of Topliss-reactive ketones (excluding diaryl/α,β-unsaturated/α-hetero) is 1. The third kappa shape index (κ3) is 3.56. The maximum absolute atomic E-state index is 12.1. The number of benzene rings is 1. The number of carbonyl (C=O) groups excluding carboxylic acids is 1. The molecule has 0 heterocycles. The van der Waals surface area contributed by atoms with Crippen molar-refractivity contribution in [2.45, 2.75) is 34.1 Å². The zero-order chi connectivity index (χ0) is 14.1. The molecule has 1 rings (SSSR count). The Kier molecular flexibility index (Phi) is 4.56. The molecule has 5 heteroatoms. The topological polar surface area (TPSA) is 51.2 Å². The van der Waals surface area contributed by atoms with Crippen LogP contribution in [0.15, 0.2) is 6.07 Å². The first-order valence-corrected chi connectivity index (χ1v) is 8.14. The van der Waals surface area contributed by atoms with E-state index in [1.165, 1.54) is 0 Å². The minimum absolute atomic E-state index is 0.0730. The molecular weight excluding hydrogens is 272 g/mol. The van der Waals surface area contributed by atoms with Crippen LogP contribution in [0, 0.1) is 27.7 Å². The van der Waals surface area contributed by atoms with Crippen LogP contribution >= 0.6 is 10.7 Å². The highest BCUT2D eigenvalue weighted by Crippen LogP contribution is 2.23. The van der Waals surface area contributed by atoms with E-state index in [1.54, 1.807) is 0 Å². The Balaban J connectivity index is 3.14. The van der Waals surface area contributed by atoms with Gasteiger partial charge in [0.2, 0.25) is 9.05 Å². The van der Waals surface area contributed by atoms with Crippen LogP contribution < -0.4 is 0 Å².